The van der Waals surface area contributed by atoms with Crippen LogP contribution >= 0.6 is 11.3 Å². The average Bonchev–Trinajstić information content (AvgIpc) is 3.30. The predicted octanol–water partition coefficient (Wildman–Crippen LogP) is 3.66. The van der Waals surface area contributed by atoms with Crippen LogP contribution in [0.1, 0.15) is 44.8 Å². The first-order chi connectivity index (χ1) is 13.1. The lowest BCUT2D eigenvalue weighted by Crippen LogP contribution is -2.22. The smallest absolute Gasteiger partial charge is 0.217 e. The van der Waals surface area contributed by atoms with Gasteiger partial charge in [-0.3, -0.25) is 4.79 Å². The molecule has 0 aliphatic heterocycles. The van der Waals surface area contributed by atoms with Gasteiger partial charge in [0.1, 0.15) is 11.5 Å². The van der Waals surface area contributed by atoms with E-state index >= 15 is 0 Å². The summed E-state index contributed by atoms with van der Waals surface area (Å²) in [5.41, 5.74) is 8.16. The van der Waals surface area contributed by atoms with E-state index in [1.165, 1.54) is 55.9 Å². The van der Waals surface area contributed by atoms with Crippen molar-refractivity contribution in [3.8, 4) is 11.5 Å². The number of aromatic nitrogens is 1. The molecule has 1 saturated carbocycles. The first-order valence-corrected chi connectivity index (χ1v) is 10.0. The average molecular weight is 388 g/mol. The zero-order chi connectivity index (χ0) is 19.1. The summed E-state index contributed by atoms with van der Waals surface area (Å²) in [7, 11) is 0. The number of amides is 1. The molecule has 3 rings (SSSR count). The van der Waals surface area contributed by atoms with Crippen LogP contribution < -0.4 is 16.4 Å². The minimum absolute atomic E-state index is 0.0954. The molecule has 1 fully saturated rings. The molecule has 0 bridgehead atoms. The van der Waals surface area contributed by atoms with Crippen LogP contribution in [0, 0.1) is 0 Å². The number of aliphatic imine (C=N–C) groups is 1. The van der Waals surface area contributed by atoms with E-state index in [0.29, 0.717) is 41.4 Å². The molecule has 2 heterocycles. The van der Waals surface area contributed by atoms with E-state index in [1.807, 2.05) is 17.5 Å². The highest BCUT2D eigenvalue weighted by Crippen LogP contribution is 2.26. The van der Waals surface area contributed by atoms with Crippen LogP contribution in [0.3, 0.4) is 0 Å². The standard InChI is InChI=1S/C19H25N5O2S/c1-13(25)22-11-15-7-8-17(26-15)16-12-27-19(23-16)24-18(20)21-10-9-14-5-3-2-4-6-14/h7-9,12H,2-6,10-11H2,1H3,(H,22,25)(H3,20,21,23,24). The SMILES string of the molecule is CC(=O)NCc1ccc(-c2csc(NC(N)=NCC=C3CCCCC3)n2)o1. The molecule has 0 atom stereocenters. The molecular weight excluding hydrogens is 362 g/mol. The van der Waals surface area contributed by atoms with Crippen LogP contribution in [0.25, 0.3) is 11.5 Å². The first kappa shape index (κ1) is 19.2. The zero-order valence-corrected chi connectivity index (χ0v) is 16.3. The lowest BCUT2D eigenvalue weighted by atomic mass is 9.95. The van der Waals surface area contributed by atoms with Gasteiger partial charge in [-0.15, -0.1) is 11.3 Å². The van der Waals surface area contributed by atoms with Gasteiger partial charge in [0.25, 0.3) is 0 Å². The van der Waals surface area contributed by atoms with Gasteiger partial charge in [-0.05, 0) is 37.8 Å². The molecule has 4 N–H and O–H groups in total. The Morgan fingerprint density at radius 3 is 2.96 bits per heavy atom. The van der Waals surface area contributed by atoms with E-state index in [0.717, 1.165) is 0 Å². The fourth-order valence-electron chi connectivity index (χ4n) is 2.90. The second-order valence-corrected chi connectivity index (χ2v) is 7.35. The molecule has 1 aliphatic rings. The molecule has 8 heteroatoms. The number of hydrogen-bond donors (Lipinski definition) is 3. The summed E-state index contributed by atoms with van der Waals surface area (Å²) in [6.45, 7) is 2.43. The molecular formula is C19H25N5O2S. The zero-order valence-electron chi connectivity index (χ0n) is 15.5. The summed E-state index contributed by atoms with van der Waals surface area (Å²) in [5, 5.41) is 8.28. The highest BCUT2D eigenvalue weighted by molar-refractivity contribution is 7.14. The third-order valence-electron chi connectivity index (χ3n) is 4.30. The molecule has 7 nitrogen and oxygen atoms in total. The number of rotatable bonds is 6. The Kier molecular flexibility index (Phi) is 6.64. The van der Waals surface area contributed by atoms with Crippen LogP contribution in [-0.2, 0) is 11.3 Å². The number of allylic oxidation sites excluding steroid dienone is 1. The number of carbonyl (C=O) groups excluding carboxylic acids is 1. The van der Waals surface area contributed by atoms with Crippen LogP contribution in [0.2, 0.25) is 0 Å². The molecule has 0 saturated heterocycles. The Labute approximate surface area is 162 Å². The van der Waals surface area contributed by atoms with Crippen molar-refractivity contribution >= 4 is 28.3 Å². The van der Waals surface area contributed by atoms with Crippen molar-refractivity contribution in [2.24, 2.45) is 10.7 Å². The Morgan fingerprint density at radius 2 is 2.19 bits per heavy atom. The van der Waals surface area contributed by atoms with Crippen molar-refractivity contribution in [1.29, 1.82) is 0 Å². The number of nitrogens with zero attached hydrogens (tertiary/aromatic N) is 2. The topological polar surface area (TPSA) is 106 Å². The van der Waals surface area contributed by atoms with Gasteiger partial charge in [-0.1, -0.05) is 18.1 Å². The number of hydrogen-bond acceptors (Lipinski definition) is 5. The van der Waals surface area contributed by atoms with Gasteiger partial charge < -0.3 is 20.8 Å². The van der Waals surface area contributed by atoms with Gasteiger partial charge >= 0.3 is 0 Å². The van der Waals surface area contributed by atoms with E-state index < -0.39 is 0 Å². The molecule has 2 aromatic heterocycles. The third kappa shape index (κ3) is 5.96. The molecule has 144 valence electrons. The first-order valence-electron chi connectivity index (χ1n) is 9.14. The Hall–Kier alpha value is -2.61. The highest BCUT2D eigenvalue weighted by atomic mass is 32.1. The second kappa shape index (κ2) is 9.36. The summed E-state index contributed by atoms with van der Waals surface area (Å²) >= 11 is 1.43. The third-order valence-corrected chi connectivity index (χ3v) is 5.06. The summed E-state index contributed by atoms with van der Waals surface area (Å²) in [5.74, 6) is 1.59. The van der Waals surface area contributed by atoms with E-state index in [9.17, 15) is 4.79 Å². The summed E-state index contributed by atoms with van der Waals surface area (Å²) in [4.78, 5) is 19.8. The monoisotopic (exact) mass is 387 g/mol. The highest BCUT2D eigenvalue weighted by Gasteiger charge is 2.10. The number of nitrogens with two attached hydrogens (primary N) is 1. The van der Waals surface area contributed by atoms with E-state index in [1.54, 1.807) is 0 Å². The Balaban J connectivity index is 1.54. The molecule has 1 amide bonds. The largest absolute Gasteiger partial charge is 0.458 e. The molecule has 0 unspecified atom stereocenters. The normalized spacial score (nSPS) is 14.9. The summed E-state index contributed by atoms with van der Waals surface area (Å²) in [6.07, 6.45) is 8.45. The van der Waals surface area contributed by atoms with Gasteiger partial charge in [0.15, 0.2) is 16.9 Å². The fourth-order valence-corrected chi connectivity index (χ4v) is 3.61. The van der Waals surface area contributed by atoms with Crippen LogP contribution in [-0.4, -0.2) is 23.4 Å². The quantitative estimate of drug-likeness (QED) is 0.398. The number of furan rings is 1. The van der Waals surface area contributed by atoms with Crippen LogP contribution in [0.4, 0.5) is 5.13 Å². The van der Waals surface area contributed by atoms with Gasteiger partial charge in [0.05, 0.1) is 13.1 Å². The Morgan fingerprint density at radius 1 is 1.37 bits per heavy atom. The van der Waals surface area contributed by atoms with E-state index in [-0.39, 0.29) is 5.91 Å². The molecule has 1 aliphatic carbocycles. The molecule has 2 aromatic rings. The van der Waals surface area contributed by atoms with Crippen molar-refractivity contribution in [2.45, 2.75) is 45.6 Å². The number of nitrogens with one attached hydrogen (secondary N) is 2. The van der Waals surface area contributed by atoms with Crippen molar-refractivity contribution < 1.29 is 9.21 Å². The van der Waals surface area contributed by atoms with Crippen molar-refractivity contribution in [3.63, 3.8) is 0 Å². The predicted molar refractivity (Wildman–Crippen MR) is 109 cm³/mol. The second-order valence-electron chi connectivity index (χ2n) is 6.49. The van der Waals surface area contributed by atoms with Gasteiger partial charge in [0, 0.05) is 12.3 Å². The molecule has 0 aromatic carbocycles. The number of thiazole rings is 1. The maximum absolute atomic E-state index is 11.0. The lowest BCUT2D eigenvalue weighted by molar-refractivity contribution is -0.119. The number of anilines is 1. The van der Waals surface area contributed by atoms with Gasteiger partial charge in [0.2, 0.25) is 5.91 Å². The van der Waals surface area contributed by atoms with Crippen molar-refractivity contribution in [3.05, 3.63) is 34.9 Å². The Bertz CT molecular complexity index is 829. The summed E-state index contributed by atoms with van der Waals surface area (Å²) in [6, 6.07) is 3.66. The maximum atomic E-state index is 11.0. The number of guanidine groups is 1. The fraction of sp³-hybridized carbons (Fsp3) is 0.421. The van der Waals surface area contributed by atoms with E-state index in [4.69, 9.17) is 10.2 Å². The van der Waals surface area contributed by atoms with Crippen LogP contribution in [0.15, 0.2) is 38.6 Å². The van der Waals surface area contributed by atoms with Crippen molar-refractivity contribution in [2.75, 3.05) is 11.9 Å². The van der Waals surface area contributed by atoms with E-state index in [2.05, 4.69) is 26.7 Å². The van der Waals surface area contributed by atoms with Gasteiger partial charge in [-0.25, -0.2) is 9.98 Å². The molecule has 0 radical (unpaired) electrons. The minimum atomic E-state index is -0.0954. The molecule has 0 spiro atoms. The minimum Gasteiger partial charge on any atom is -0.458 e. The maximum Gasteiger partial charge on any atom is 0.217 e. The van der Waals surface area contributed by atoms with Crippen LogP contribution in [0.5, 0.6) is 0 Å². The van der Waals surface area contributed by atoms with Crippen molar-refractivity contribution in [1.82, 2.24) is 10.3 Å². The lowest BCUT2D eigenvalue weighted by Gasteiger charge is -2.12. The van der Waals surface area contributed by atoms with Gasteiger partial charge in [-0.2, -0.15) is 0 Å². The molecule has 27 heavy (non-hydrogen) atoms. The number of carbonyl (C=O) groups is 1. The summed E-state index contributed by atoms with van der Waals surface area (Å²) < 4.78 is 5.70.